The Balaban J connectivity index is 1.70. The van der Waals surface area contributed by atoms with Crippen molar-refractivity contribution in [1.82, 2.24) is 14.5 Å². The van der Waals surface area contributed by atoms with Crippen molar-refractivity contribution in [3.05, 3.63) is 52.1 Å². The van der Waals surface area contributed by atoms with Gasteiger partial charge in [0.2, 0.25) is 5.91 Å². The number of halogens is 1. The second-order valence-corrected chi connectivity index (χ2v) is 8.30. The SMILES string of the molecule is C[C@H]1CCC[C@H](C)N1C(=O)Cn1cnc2scc(-c3ccc(F)cc3)c2c1=O. The molecule has 1 aliphatic heterocycles. The highest BCUT2D eigenvalue weighted by atomic mass is 32.1. The van der Waals surface area contributed by atoms with Crippen LogP contribution in [0.4, 0.5) is 4.39 Å². The summed E-state index contributed by atoms with van der Waals surface area (Å²) in [4.78, 5) is 32.9. The average Bonchev–Trinajstić information content (AvgIpc) is 3.09. The molecule has 146 valence electrons. The Bertz CT molecular complexity index is 1060. The predicted molar refractivity (Wildman–Crippen MR) is 109 cm³/mol. The zero-order valence-corrected chi connectivity index (χ0v) is 16.7. The fourth-order valence-electron chi connectivity index (χ4n) is 4.06. The number of aromatic nitrogens is 2. The zero-order valence-electron chi connectivity index (χ0n) is 15.9. The molecule has 0 unspecified atom stereocenters. The first-order valence-corrected chi connectivity index (χ1v) is 10.4. The highest BCUT2D eigenvalue weighted by molar-refractivity contribution is 7.17. The standard InChI is InChI=1S/C21H22FN3O2S/c1-13-4-3-5-14(2)25(13)18(26)10-24-12-23-20-19(21(24)27)17(11-28-20)15-6-8-16(22)9-7-15/h6-9,11-14H,3-5,10H2,1-2H3/t13-,14-/m0/s1. The first-order valence-electron chi connectivity index (χ1n) is 9.49. The second kappa shape index (κ2) is 7.47. The molecule has 1 saturated heterocycles. The van der Waals surface area contributed by atoms with Gasteiger partial charge >= 0.3 is 0 Å². The molecule has 0 aliphatic carbocycles. The molecule has 1 aromatic carbocycles. The molecule has 0 N–H and O–H groups in total. The van der Waals surface area contributed by atoms with E-state index in [-0.39, 0.29) is 35.9 Å². The van der Waals surface area contributed by atoms with Crippen LogP contribution in [0.15, 0.2) is 40.8 Å². The van der Waals surface area contributed by atoms with Gasteiger partial charge in [-0.2, -0.15) is 0 Å². The number of piperidine rings is 1. The summed E-state index contributed by atoms with van der Waals surface area (Å²) in [5.74, 6) is -0.379. The van der Waals surface area contributed by atoms with Crippen molar-refractivity contribution in [2.24, 2.45) is 0 Å². The average molecular weight is 399 g/mol. The van der Waals surface area contributed by atoms with Crippen LogP contribution >= 0.6 is 11.3 Å². The molecule has 2 atom stereocenters. The van der Waals surface area contributed by atoms with Crippen molar-refractivity contribution < 1.29 is 9.18 Å². The van der Waals surface area contributed by atoms with E-state index in [1.165, 1.54) is 34.4 Å². The van der Waals surface area contributed by atoms with Gasteiger partial charge < -0.3 is 4.90 Å². The molecular weight excluding hydrogens is 377 g/mol. The lowest BCUT2D eigenvalue weighted by molar-refractivity contribution is -0.138. The third-order valence-electron chi connectivity index (χ3n) is 5.50. The zero-order chi connectivity index (χ0) is 19.8. The highest BCUT2D eigenvalue weighted by Gasteiger charge is 2.29. The van der Waals surface area contributed by atoms with Gasteiger partial charge in [0.05, 0.1) is 11.7 Å². The van der Waals surface area contributed by atoms with Gasteiger partial charge in [-0.05, 0) is 50.8 Å². The van der Waals surface area contributed by atoms with Gasteiger partial charge in [0.1, 0.15) is 17.2 Å². The van der Waals surface area contributed by atoms with E-state index >= 15 is 0 Å². The van der Waals surface area contributed by atoms with E-state index in [9.17, 15) is 14.0 Å². The van der Waals surface area contributed by atoms with Crippen LogP contribution in [0.1, 0.15) is 33.1 Å². The maximum atomic E-state index is 13.3. The Morgan fingerprint density at radius 2 is 1.89 bits per heavy atom. The molecule has 28 heavy (non-hydrogen) atoms. The summed E-state index contributed by atoms with van der Waals surface area (Å²) < 4.78 is 14.6. The van der Waals surface area contributed by atoms with Gasteiger partial charge in [0.15, 0.2) is 0 Å². The number of thiophene rings is 1. The number of amides is 1. The number of hydrogen-bond donors (Lipinski definition) is 0. The number of rotatable bonds is 3. The summed E-state index contributed by atoms with van der Waals surface area (Å²) in [5.41, 5.74) is 1.24. The minimum absolute atomic E-state index is 0.0187. The minimum atomic E-state index is -0.325. The molecule has 1 aliphatic rings. The minimum Gasteiger partial charge on any atom is -0.336 e. The van der Waals surface area contributed by atoms with Gasteiger partial charge in [-0.25, -0.2) is 9.37 Å². The first kappa shape index (κ1) is 18.8. The van der Waals surface area contributed by atoms with Crippen molar-refractivity contribution in [2.75, 3.05) is 0 Å². The molecule has 3 aromatic rings. The largest absolute Gasteiger partial charge is 0.336 e. The van der Waals surface area contributed by atoms with Crippen LogP contribution in [0.5, 0.6) is 0 Å². The third kappa shape index (κ3) is 3.35. The van der Waals surface area contributed by atoms with Crippen LogP contribution in [0.25, 0.3) is 21.3 Å². The molecule has 3 heterocycles. The maximum Gasteiger partial charge on any atom is 0.263 e. The fraction of sp³-hybridized carbons (Fsp3) is 0.381. The lowest BCUT2D eigenvalue weighted by Crippen LogP contribution is -2.49. The number of nitrogens with zero attached hydrogens (tertiary/aromatic N) is 3. The highest BCUT2D eigenvalue weighted by Crippen LogP contribution is 2.30. The molecule has 7 heteroatoms. The molecule has 2 aromatic heterocycles. The van der Waals surface area contributed by atoms with Crippen LogP contribution in [0.3, 0.4) is 0 Å². The van der Waals surface area contributed by atoms with Gasteiger partial charge in [0, 0.05) is 23.0 Å². The summed E-state index contributed by atoms with van der Waals surface area (Å²) in [7, 11) is 0. The van der Waals surface area contributed by atoms with Crippen molar-refractivity contribution in [3.8, 4) is 11.1 Å². The van der Waals surface area contributed by atoms with E-state index in [1.807, 2.05) is 10.3 Å². The van der Waals surface area contributed by atoms with Crippen LogP contribution in [-0.2, 0) is 11.3 Å². The Hall–Kier alpha value is -2.54. The van der Waals surface area contributed by atoms with E-state index in [2.05, 4.69) is 18.8 Å². The number of likely N-dealkylation sites (tertiary alicyclic amines) is 1. The lowest BCUT2D eigenvalue weighted by Gasteiger charge is -2.39. The molecule has 5 nitrogen and oxygen atoms in total. The fourth-order valence-corrected chi connectivity index (χ4v) is 4.97. The van der Waals surface area contributed by atoms with E-state index < -0.39 is 0 Å². The number of hydrogen-bond acceptors (Lipinski definition) is 4. The number of carbonyl (C=O) groups excluding carboxylic acids is 1. The molecule has 4 rings (SSSR count). The van der Waals surface area contributed by atoms with Gasteiger partial charge in [0.25, 0.3) is 5.56 Å². The van der Waals surface area contributed by atoms with Gasteiger partial charge in [-0.15, -0.1) is 11.3 Å². The van der Waals surface area contributed by atoms with Crippen molar-refractivity contribution in [2.45, 2.75) is 51.7 Å². The van der Waals surface area contributed by atoms with Crippen LogP contribution in [-0.4, -0.2) is 32.4 Å². The Labute approximate surface area is 166 Å². The smallest absolute Gasteiger partial charge is 0.263 e. The Morgan fingerprint density at radius 3 is 2.57 bits per heavy atom. The molecule has 1 fully saturated rings. The van der Waals surface area contributed by atoms with E-state index in [4.69, 9.17) is 0 Å². The Morgan fingerprint density at radius 1 is 1.21 bits per heavy atom. The van der Waals surface area contributed by atoms with Crippen molar-refractivity contribution >= 4 is 27.5 Å². The van der Waals surface area contributed by atoms with Gasteiger partial charge in [-0.3, -0.25) is 14.2 Å². The first-order chi connectivity index (χ1) is 13.5. The molecule has 1 amide bonds. The summed E-state index contributed by atoms with van der Waals surface area (Å²) >= 11 is 1.37. The topological polar surface area (TPSA) is 55.2 Å². The monoisotopic (exact) mass is 399 g/mol. The van der Waals surface area contributed by atoms with Crippen LogP contribution in [0.2, 0.25) is 0 Å². The van der Waals surface area contributed by atoms with E-state index in [0.717, 1.165) is 30.4 Å². The van der Waals surface area contributed by atoms with Crippen molar-refractivity contribution in [3.63, 3.8) is 0 Å². The number of fused-ring (bicyclic) bond motifs is 1. The van der Waals surface area contributed by atoms with E-state index in [1.54, 1.807) is 12.1 Å². The quantitative estimate of drug-likeness (QED) is 0.668. The molecule has 0 radical (unpaired) electrons. The lowest BCUT2D eigenvalue weighted by atomic mass is 9.97. The molecular formula is C21H22FN3O2S. The number of carbonyl (C=O) groups is 1. The normalized spacial score (nSPS) is 19.9. The maximum absolute atomic E-state index is 13.3. The van der Waals surface area contributed by atoms with Crippen molar-refractivity contribution in [1.29, 1.82) is 0 Å². The summed E-state index contributed by atoms with van der Waals surface area (Å²) in [6.07, 6.45) is 4.55. The molecule has 0 saturated carbocycles. The van der Waals surface area contributed by atoms with Crippen LogP contribution < -0.4 is 5.56 Å². The summed E-state index contributed by atoms with van der Waals surface area (Å²) in [5, 5.41) is 2.33. The Kier molecular flexibility index (Phi) is 5.02. The van der Waals surface area contributed by atoms with E-state index in [0.29, 0.717) is 10.2 Å². The molecule has 0 spiro atoms. The summed E-state index contributed by atoms with van der Waals surface area (Å²) in [6, 6.07) is 6.40. The predicted octanol–water partition coefficient (Wildman–Crippen LogP) is 4.05. The van der Waals surface area contributed by atoms with Gasteiger partial charge in [-0.1, -0.05) is 12.1 Å². The second-order valence-electron chi connectivity index (χ2n) is 7.44. The molecule has 0 bridgehead atoms. The number of benzene rings is 1. The third-order valence-corrected chi connectivity index (χ3v) is 6.39. The summed E-state index contributed by atoms with van der Waals surface area (Å²) in [6.45, 7) is 4.10. The van der Waals surface area contributed by atoms with Crippen LogP contribution in [0, 0.1) is 5.82 Å².